The summed E-state index contributed by atoms with van der Waals surface area (Å²) in [4.78, 5) is 31.6. The lowest BCUT2D eigenvalue weighted by Gasteiger charge is -2.18. The van der Waals surface area contributed by atoms with E-state index in [1.165, 1.54) is 21.0 Å². The Morgan fingerprint density at radius 3 is 2.00 bits per heavy atom. The molecule has 7 heteroatoms. The molecule has 0 spiro atoms. The molecule has 124 valence electrons. The zero-order valence-electron chi connectivity index (χ0n) is 13.0. The first-order valence-corrected chi connectivity index (χ1v) is 6.23. The second kappa shape index (κ2) is 12.3. The predicted molar refractivity (Wildman–Crippen MR) is 79.7 cm³/mol. The van der Waals surface area contributed by atoms with Crippen molar-refractivity contribution in [1.82, 2.24) is 0 Å². The van der Waals surface area contributed by atoms with Gasteiger partial charge in [-0.3, -0.25) is 0 Å². The molecule has 2 atom stereocenters. The van der Waals surface area contributed by atoms with E-state index in [4.69, 9.17) is 9.47 Å². The van der Waals surface area contributed by atoms with Crippen molar-refractivity contribution >= 4 is 17.9 Å². The van der Waals surface area contributed by atoms with Gasteiger partial charge in [-0.15, -0.1) is 0 Å². The Kier molecular flexibility index (Phi) is 12.3. The van der Waals surface area contributed by atoms with Gasteiger partial charge >= 0.3 is 17.9 Å². The first kappa shape index (κ1) is 21.9. The number of esters is 3. The van der Waals surface area contributed by atoms with Gasteiger partial charge in [-0.25, -0.2) is 14.4 Å². The lowest BCUT2D eigenvalue weighted by atomic mass is 10.2. The number of methoxy groups -OCH3 is 1. The third-order valence-corrected chi connectivity index (χ3v) is 2.11. The van der Waals surface area contributed by atoms with Crippen LogP contribution in [0.5, 0.6) is 0 Å². The van der Waals surface area contributed by atoms with Crippen molar-refractivity contribution in [1.29, 1.82) is 0 Å². The van der Waals surface area contributed by atoms with Gasteiger partial charge in [0.15, 0.2) is 0 Å². The summed E-state index contributed by atoms with van der Waals surface area (Å²) in [5.74, 6) is -1.63. The number of ether oxygens (including phenoxy) is 3. The lowest BCUT2D eigenvalue weighted by molar-refractivity contribution is -0.153. The van der Waals surface area contributed by atoms with Crippen molar-refractivity contribution < 1.29 is 33.7 Å². The van der Waals surface area contributed by atoms with E-state index in [-0.39, 0.29) is 12.2 Å². The zero-order chi connectivity index (χ0) is 17.7. The number of rotatable bonds is 7. The van der Waals surface area contributed by atoms with Crippen LogP contribution in [0.3, 0.4) is 0 Å². The van der Waals surface area contributed by atoms with Crippen molar-refractivity contribution in [2.45, 2.75) is 26.1 Å². The van der Waals surface area contributed by atoms with E-state index >= 15 is 0 Å². The van der Waals surface area contributed by atoms with Gasteiger partial charge in [0.25, 0.3) is 0 Å². The average Bonchev–Trinajstić information content (AvgIpc) is 2.51. The van der Waals surface area contributed by atoms with Gasteiger partial charge in [-0.05, 0) is 13.8 Å². The highest BCUT2D eigenvalue weighted by atomic mass is 16.6. The molecule has 22 heavy (non-hydrogen) atoms. The first-order valence-electron chi connectivity index (χ1n) is 6.23. The molecule has 0 rings (SSSR count). The number of aliphatic hydroxyl groups excluding tert-OH is 1. The topological polar surface area (TPSA) is 99.1 Å². The van der Waals surface area contributed by atoms with Crippen molar-refractivity contribution in [2.24, 2.45) is 0 Å². The normalized spacial score (nSPS) is 11.6. The van der Waals surface area contributed by atoms with Crippen molar-refractivity contribution in [3.05, 3.63) is 37.5 Å². The molecule has 0 aliphatic carbocycles. The number of hydrogen-bond acceptors (Lipinski definition) is 7. The standard InChI is InChI=1S/C11H16O5.C4H6O2/c1-5-10(13)16-8(4)9(12)6-15-11(14)7(2)3;1-3-4(5)6-2/h5,8-9,12H,1-2,6H2,3-4H3;3H,1H2,2H3. The third kappa shape index (κ3) is 11.4. The molecule has 7 nitrogen and oxygen atoms in total. The maximum atomic E-state index is 11.0. The molecule has 0 aromatic heterocycles. The quantitative estimate of drug-likeness (QED) is 0.424. The van der Waals surface area contributed by atoms with Gasteiger partial charge in [0.1, 0.15) is 18.8 Å². The SMILES string of the molecule is C=CC(=O)OC.C=CC(=O)OC(C)C(O)COC(=O)C(=C)C. The molecule has 0 aromatic rings. The molecule has 0 saturated heterocycles. The summed E-state index contributed by atoms with van der Waals surface area (Å²) in [7, 11) is 1.31. The maximum Gasteiger partial charge on any atom is 0.333 e. The molecule has 0 saturated carbocycles. The highest BCUT2D eigenvalue weighted by Gasteiger charge is 2.19. The van der Waals surface area contributed by atoms with Crippen LogP contribution in [0.2, 0.25) is 0 Å². The fourth-order valence-corrected chi connectivity index (χ4v) is 0.813. The maximum absolute atomic E-state index is 11.0. The molecule has 0 aliphatic heterocycles. The van der Waals surface area contributed by atoms with Gasteiger partial charge in [0.2, 0.25) is 0 Å². The van der Waals surface area contributed by atoms with Crippen LogP contribution in [-0.2, 0) is 28.6 Å². The largest absolute Gasteiger partial charge is 0.466 e. The summed E-state index contributed by atoms with van der Waals surface area (Å²) >= 11 is 0. The fourth-order valence-electron chi connectivity index (χ4n) is 0.813. The Hall–Kier alpha value is -2.41. The Morgan fingerprint density at radius 2 is 1.68 bits per heavy atom. The molecular formula is C15H22O7. The van der Waals surface area contributed by atoms with Gasteiger partial charge in [0.05, 0.1) is 7.11 Å². The Labute approximate surface area is 129 Å². The highest BCUT2D eigenvalue weighted by Crippen LogP contribution is 2.02. The molecule has 0 aromatic carbocycles. The Bertz CT molecular complexity index is 426. The van der Waals surface area contributed by atoms with Crippen molar-refractivity contribution in [3.63, 3.8) is 0 Å². The predicted octanol–water partition coefficient (Wildman–Crippen LogP) is 0.930. The first-order chi connectivity index (χ1) is 10.2. The van der Waals surface area contributed by atoms with Crippen molar-refractivity contribution in [2.75, 3.05) is 13.7 Å². The van der Waals surface area contributed by atoms with Crippen LogP contribution < -0.4 is 0 Å². The van der Waals surface area contributed by atoms with E-state index in [1.807, 2.05) is 0 Å². The summed E-state index contributed by atoms with van der Waals surface area (Å²) in [6.07, 6.45) is 0.249. The van der Waals surface area contributed by atoms with Crippen molar-refractivity contribution in [3.8, 4) is 0 Å². The summed E-state index contributed by atoms with van der Waals surface area (Å²) in [6.45, 7) is 12.5. The van der Waals surface area contributed by atoms with E-state index < -0.39 is 30.1 Å². The van der Waals surface area contributed by atoms with Crippen LogP contribution in [0.15, 0.2) is 37.5 Å². The molecule has 0 radical (unpaired) electrons. The number of carbonyl (C=O) groups is 3. The molecule has 0 heterocycles. The second-order valence-corrected chi connectivity index (χ2v) is 4.02. The van der Waals surface area contributed by atoms with Crippen LogP contribution in [0.25, 0.3) is 0 Å². The van der Waals surface area contributed by atoms with Crippen LogP contribution in [0.4, 0.5) is 0 Å². The van der Waals surface area contributed by atoms with E-state index in [9.17, 15) is 19.5 Å². The molecule has 0 aliphatic rings. The van der Waals surface area contributed by atoms with E-state index in [0.717, 1.165) is 12.2 Å². The monoisotopic (exact) mass is 314 g/mol. The molecule has 0 amide bonds. The Balaban J connectivity index is 0. The van der Waals surface area contributed by atoms with E-state index in [2.05, 4.69) is 24.5 Å². The summed E-state index contributed by atoms with van der Waals surface area (Å²) in [5.41, 5.74) is 0.239. The molecule has 2 unspecified atom stereocenters. The minimum absolute atomic E-state index is 0.239. The summed E-state index contributed by atoms with van der Waals surface area (Å²) < 4.78 is 13.6. The number of carbonyl (C=O) groups excluding carboxylic acids is 3. The Morgan fingerprint density at radius 1 is 1.18 bits per heavy atom. The molecule has 0 fully saturated rings. The van der Waals surface area contributed by atoms with E-state index in [0.29, 0.717) is 0 Å². The van der Waals surface area contributed by atoms with Gasteiger partial charge in [0, 0.05) is 17.7 Å². The van der Waals surface area contributed by atoms with Crippen LogP contribution >= 0.6 is 0 Å². The van der Waals surface area contributed by atoms with Crippen LogP contribution in [-0.4, -0.2) is 48.9 Å². The summed E-state index contributed by atoms with van der Waals surface area (Å²) in [5, 5.41) is 9.47. The molecule has 0 bridgehead atoms. The summed E-state index contributed by atoms with van der Waals surface area (Å²) in [6, 6.07) is 0. The second-order valence-electron chi connectivity index (χ2n) is 4.02. The van der Waals surface area contributed by atoms with Gasteiger partial charge in [-0.1, -0.05) is 19.7 Å². The minimum Gasteiger partial charge on any atom is -0.466 e. The van der Waals surface area contributed by atoms with Crippen LogP contribution in [0, 0.1) is 0 Å². The van der Waals surface area contributed by atoms with Crippen LogP contribution in [0.1, 0.15) is 13.8 Å². The van der Waals surface area contributed by atoms with Gasteiger partial charge < -0.3 is 19.3 Å². The smallest absolute Gasteiger partial charge is 0.333 e. The number of aliphatic hydroxyl groups is 1. The number of hydrogen-bond donors (Lipinski definition) is 1. The zero-order valence-corrected chi connectivity index (χ0v) is 13.0. The highest BCUT2D eigenvalue weighted by molar-refractivity contribution is 5.86. The third-order valence-electron chi connectivity index (χ3n) is 2.11. The fraction of sp³-hybridized carbons (Fsp3) is 0.400. The lowest BCUT2D eigenvalue weighted by Crippen LogP contribution is -2.33. The molecular weight excluding hydrogens is 292 g/mol. The van der Waals surface area contributed by atoms with Gasteiger partial charge in [-0.2, -0.15) is 0 Å². The van der Waals surface area contributed by atoms with E-state index in [1.54, 1.807) is 0 Å². The average molecular weight is 314 g/mol. The molecule has 1 N–H and O–H groups in total. The minimum atomic E-state index is -1.08.